The van der Waals surface area contributed by atoms with Gasteiger partial charge in [0.2, 0.25) is 0 Å². The van der Waals surface area contributed by atoms with Gasteiger partial charge in [0.05, 0.1) is 11.6 Å². The summed E-state index contributed by atoms with van der Waals surface area (Å²) in [5.41, 5.74) is 7.09. The Hall–Kier alpha value is -0.970. The van der Waals surface area contributed by atoms with Crippen LogP contribution in [0.4, 0.5) is 0 Å². The van der Waals surface area contributed by atoms with Crippen LogP contribution < -0.4 is 5.73 Å². The van der Waals surface area contributed by atoms with Crippen LogP contribution in [0.2, 0.25) is 0 Å². The van der Waals surface area contributed by atoms with E-state index >= 15 is 0 Å². The number of nitrogens with zero attached hydrogens (tertiary/aromatic N) is 1. The molecule has 0 amide bonds. The van der Waals surface area contributed by atoms with Gasteiger partial charge in [-0.15, -0.1) is 0 Å². The SMILES string of the molecule is CCC(CC)N(CCO)CC(C(N)=S)c1ccccc1. The first kappa shape index (κ1) is 17.1. The minimum Gasteiger partial charge on any atom is -0.395 e. The zero-order chi connectivity index (χ0) is 15.0. The number of nitrogens with two attached hydrogens (primary N) is 1. The summed E-state index contributed by atoms with van der Waals surface area (Å²) in [6.45, 7) is 5.95. The predicted octanol–water partition coefficient (Wildman–Crippen LogP) is 2.54. The number of hydrogen-bond acceptors (Lipinski definition) is 3. The van der Waals surface area contributed by atoms with Gasteiger partial charge in [0.1, 0.15) is 0 Å². The van der Waals surface area contributed by atoms with Crippen molar-refractivity contribution >= 4 is 17.2 Å². The second kappa shape index (κ2) is 9.06. The third-order valence-corrected chi connectivity index (χ3v) is 4.09. The molecule has 4 heteroatoms. The molecule has 1 unspecified atom stereocenters. The first-order valence-electron chi connectivity index (χ1n) is 7.33. The largest absolute Gasteiger partial charge is 0.395 e. The molecule has 0 saturated carbocycles. The molecular weight excluding hydrogens is 268 g/mol. The highest BCUT2D eigenvalue weighted by Gasteiger charge is 2.22. The van der Waals surface area contributed by atoms with Crippen LogP contribution in [-0.2, 0) is 0 Å². The summed E-state index contributed by atoms with van der Waals surface area (Å²) in [6, 6.07) is 10.6. The minimum absolute atomic E-state index is 0.0401. The van der Waals surface area contributed by atoms with E-state index < -0.39 is 0 Å². The van der Waals surface area contributed by atoms with E-state index in [0.717, 1.165) is 24.9 Å². The molecular formula is C16H26N2OS. The van der Waals surface area contributed by atoms with E-state index in [4.69, 9.17) is 18.0 Å². The van der Waals surface area contributed by atoms with Crippen LogP contribution in [-0.4, -0.2) is 40.7 Å². The topological polar surface area (TPSA) is 49.5 Å². The highest BCUT2D eigenvalue weighted by molar-refractivity contribution is 7.80. The molecule has 0 aromatic heterocycles. The summed E-state index contributed by atoms with van der Waals surface area (Å²) in [6.07, 6.45) is 2.13. The average Bonchev–Trinajstić information content (AvgIpc) is 2.46. The van der Waals surface area contributed by atoms with E-state index in [2.05, 4.69) is 30.9 Å². The maximum atomic E-state index is 9.29. The minimum atomic E-state index is 0.0401. The lowest BCUT2D eigenvalue weighted by Crippen LogP contribution is -2.42. The van der Waals surface area contributed by atoms with Crippen LogP contribution >= 0.6 is 12.2 Å². The highest BCUT2D eigenvalue weighted by atomic mass is 32.1. The van der Waals surface area contributed by atoms with E-state index in [1.54, 1.807) is 0 Å². The number of aliphatic hydroxyl groups excluding tert-OH is 1. The zero-order valence-electron chi connectivity index (χ0n) is 12.5. The molecule has 0 spiro atoms. The monoisotopic (exact) mass is 294 g/mol. The molecule has 0 fully saturated rings. The molecule has 1 aromatic rings. The zero-order valence-corrected chi connectivity index (χ0v) is 13.3. The molecule has 3 N–H and O–H groups in total. The van der Waals surface area contributed by atoms with E-state index in [1.807, 2.05) is 18.2 Å². The fraction of sp³-hybridized carbons (Fsp3) is 0.562. The summed E-state index contributed by atoms with van der Waals surface area (Å²) in [4.78, 5) is 2.82. The third-order valence-electron chi connectivity index (χ3n) is 3.81. The summed E-state index contributed by atoms with van der Waals surface area (Å²) in [5, 5.41) is 9.29. The molecule has 1 aromatic carbocycles. The quantitative estimate of drug-likeness (QED) is 0.687. The number of hydrogen-bond donors (Lipinski definition) is 2. The number of benzene rings is 1. The Bertz CT molecular complexity index is 393. The molecule has 0 bridgehead atoms. The molecule has 112 valence electrons. The maximum absolute atomic E-state index is 9.29. The molecule has 0 aliphatic rings. The molecule has 0 aliphatic heterocycles. The van der Waals surface area contributed by atoms with Gasteiger partial charge in [0.25, 0.3) is 0 Å². The van der Waals surface area contributed by atoms with Gasteiger partial charge < -0.3 is 10.8 Å². The lowest BCUT2D eigenvalue weighted by atomic mass is 9.97. The first-order chi connectivity index (χ1) is 9.63. The van der Waals surface area contributed by atoms with Gasteiger partial charge in [-0.25, -0.2) is 0 Å². The molecule has 0 saturated heterocycles. The Balaban J connectivity index is 2.89. The molecule has 0 aliphatic carbocycles. The first-order valence-corrected chi connectivity index (χ1v) is 7.73. The van der Waals surface area contributed by atoms with Gasteiger partial charge >= 0.3 is 0 Å². The van der Waals surface area contributed by atoms with Crippen molar-refractivity contribution in [3.8, 4) is 0 Å². The number of thiocarbonyl (C=S) groups is 1. The highest BCUT2D eigenvalue weighted by Crippen LogP contribution is 2.20. The van der Waals surface area contributed by atoms with E-state index in [-0.39, 0.29) is 12.5 Å². The molecule has 20 heavy (non-hydrogen) atoms. The van der Waals surface area contributed by atoms with E-state index in [0.29, 0.717) is 17.6 Å². The molecule has 3 nitrogen and oxygen atoms in total. The molecule has 0 radical (unpaired) electrons. The van der Waals surface area contributed by atoms with Gasteiger partial charge in [-0.05, 0) is 18.4 Å². The van der Waals surface area contributed by atoms with Crippen molar-refractivity contribution < 1.29 is 5.11 Å². The van der Waals surface area contributed by atoms with Gasteiger partial charge in [-0.1, -0.05) is 56.4 Å². The fourth-order valence-electron chi connectivity index (χ4n) is 2.64. The van der Waals surface area contributed by atoms with Crippen molar-refractivity contribution in [3.63, 3.8) is 0 Å². The van der Waals surface area contributed by atoms with Gasteiger partial charge in [-0.2, -0.15) is 0 Å². The lowest BCUT2D eigenvalue weighted by molar-refractivity contribution is 0.142. The van der Waals surface area contributed by atoms with E-state index in [9.17, 15) is 5.11 Å². The summed E-state index contributed by atoms with van der Waals surface area (Å²) >= 11 is 5.25. The number of aliphatic hydroxyl groups is 1. The standard InChI is InChI=1S/C16H26N2OS/c1-3-14(4-2)18(10-11-19)12-15(16(17)20)13-8-6-5-7-9-13/h5-9,14-15,19H,3-4,10-12H2,1-2H3,(H2,17,20). The molecule has 1 atom stereocenters. The van der Waals surface area contributed by atoms with Gasteiger partial charge in [0.15, 0.2) is 0 Å². The van der Waals surface area contributed by atoms with Crippen LogP contribution in [0, 0.1) is 0 Å². The Morgan fingerprint density at radius 1 is 1.25 bits per heavy atom. The Labute approximate surface area is 127 Å². The second-order valence-electron chi connectivity index (χ2n) is 5.05. The van der Waals surface area contributed by atoms with Crippen LogP contribution in [0.3, 0.4) is 0 Å². The van der Waals surface area contributed by atoms with Crippen molar-refractivity contribution in [1.29, 1.82) is 0 Å². The van der Waals surface area contributed by atoms with Crippen LogP contribution in [0.15, 0.2) is 30.3 Å². The Morgan fingerprint density at radius 2 is 1.85 bits per heavy atom. The second-order valence-corrected chi connectivity index (χ2v) is 5.53. The van der Waals surface area contributed by atoms with E-state index in [1.165, 1.54) is 0 Å². The molecule has 0 heterocycles. The van der Waals surface area contributed by atoms with Crippen LogP contribution in [0.25, 0.3) is 0 Å². The van der Waals surface area contributed by atoms with Crippen molar-refractivity contribution in [2.45, 2.75) is 38.6 Å². The van der Waals surface area contributed by atoms with Crippen molar-refractivity contribution in [2.75, 3.05) is 19.7 Å². The van der Waals surface area contributed by atoms with Gasteiger partial charge in [-0.3, -0.25) is 4.90 Å². The fourth-order valence-corrected chi connectivity index (χ4v) is 2.85. The smallest absolute Gasteiger partial charge is 0.0816 e. The van der Waals surface area contributed by atoms with Crippen LogP contribution in [0.5, 0.6) is 0 Å². The molecule has 1 rings (SSSR count). The summed E-state index contributed by atoms with van der Waals surface area (Å²) < 4.78 is 0. The Morgan fingerprint density at radius 3 is 2.30 bits per heavy atom. The van der Waals surface area contributed by atoms with Gasteiger partial charge in [0, 0.05) is 25.0 Å². The normalized spacial score (nSPS) is 12.8. The third kappa shape index (κ3) is 4.85. The average molecular weight is 294 g/mol. The van der Waals surface area contributed by atoms with Crippen molar-refractivity contribution in [1.82, 2.24) is 4.90 Å². The number of rotatable bonds is 9. The van der Waals surface area contributed by atoms with Crippen molar-refractivity contribution in [3.05, 3.63) is 35.9 Å². The Kier molecular flexibility index (Phi) is 7.73. The lowest BCUT2D eigenvalue weighted by Gasteiger charge is -2.33. The summed E-state index contributed by atoms with van der Waals surface area (Å²) in [5.74, 6) is 0.0401. The predicted molar refractivity (Wildman–Crippen MR) is 89.0 cm³/mol. The van der Waals surface area contributed by atoms with Crippen LogP contribution in [0.1, 0.15) is 38.2 Å². The maximum Gasteiger partial charge on any atom is 0.0816 e. The summed E-state index contributed by atoms with van der Waals surface area (Å²) in [7, 11) is 0. The van der Waals surface area contributed by atoms with Crippen molar-refractivity contribution in [2.24, 2.45) is 5.73 Å².